The minimum atomic E-state index is -0.0476. The van der Waals surface area contributed by atoms with E-state index < -0.39 is 0 Å². The standard InChI is InChI=1S/C25H39NO3/c1-5-26(6-2)23(28)16-29-18-11-13-24(3)17(15-18)7-8-19-20-9-10-22(27)25(20,4)14-12-21(19)24/h7,18-21H,5-6,8-16H2,1-4H3/t18-,19-,20-,21-,24-,25-/m0/s1. The van der Waals surface area contributed by atoms with E-state index in [0.717, 1.165) is 58.0 Å². The van der Waals surface area contributed by atoms with Crippen molar-refractivity contribution < 1.29 is 14.3 Å². The van der Waals surface area contributed by atoms with Crippen LogP contribution in [0.5, 0.6) is 0 Å². The Morgan fingerprint density at radius 2 is 1.79 bits per heavy atom. The Morgan fingerprint density at radius 3 is 2.52 bits per heavy atom. The van der Waals surface area contributed by atoms with Crippen molar-refractivity contribution in [3.05, 3.63) is 11.6 Å². The van der Waals surface area contributed by atoms with Gasteiger partial charge in [0.2, 0.25) is 5.91 Å². The van der Waals surface area contributed by atoms with Crippen LogP contribution in [0.25, 0.3) is 0 Å². The zero-order valence-corrected chi connectivity index (χ0v) is 18.8. The molecule has 0 bridgehead atoms. The Morgan fingerprint density at radius 1 is 1.10 bits per heavy atom. The maximum atomic E-state index is 12.6. The molecule has 0 spiro atoms. The van der Waals surface area contributed by atoms with Crippen LogP contribution in [0.2, 0.25) is 0 Å². The fourth-order valence-electron chi connectivity index (χ4n) is 7.40. The van der Waals surface area contributed by atoms with Crippen LogP contribution in [0, 0.1) is 28.6 Å². The van der Waals surface area contributed by atoms with Gasteiger partial charge >= 0.3 is 0 Å². The van der Waals surface area contributed by atoms with Crippen molar-refractivity contribution in [2.75, 3.05) is 19.7 Å². The second-order valence-electron chi connectivity index (χ2n) is 10.4. The summed E-state index contributed by atoms with van der Waals surface area (Å²) in [6.07, 6.45) is 11.2. The molecule has 6 atom stereocenters. The van der Waals surface area contributed by atoms with Crippen LogP contribution in [0.4, 0.5) is 0 Å². The lowest BCUT2D eigenvalue weighted by molar-refractivity contribution is -0.139. The van der Waals surface area contributed by atoms with Gasteiger partial charge in [0.25, 0.3) is 0 Å². The third-order valence-corrected chi connectivity index (χ3v) is 9.33. The fraction of sp³-hybridized carbons (Fsp3) is 0.840. The maximum Gasteiger partial charge on any atom is 0.248 e. The van der Waals surface area contributed by atoms with E-state index in [0.29, 0.717) is 23.5 Å². The quantitative estimate of drug-likeness (QED) is 0.623. The van der Waals surface area contributed by atoms with Crippen LogP contribution >= 0.6 is 0 Å². The number of hydrogen-bond acceptors (Lipinski definition) is 3. The third kappa shape index (κ3) is 3.40. The molecule has 0 aromatic heterocycles. The van der Waals surface area contributed by atoms with Gasteiger partial charge in [-0.3, -0.25) is 9.59 Å². The highest BCUT2D eigenvalue weighted by Gasteiger charge is 2.58. The molecular formula is C25H39NO3. The molecule has 4 heteroatoms. The van der Waals surface area contributed by atoms with E-state index in [-0.39, 0.29) is 29.4 Å². The molecule has 0 heterocycles. The molecule has 0 saturated heterocycles. The van der Waals surface area contributed by atoms with Gasteiger partial charge in [0, 0.05) is 24.9 Å². The van der Waals surface area contributed by atoms with Crippen molar-refractivity contribution in [1.29, 1.82) is 0 Å². The van der Waals surface area contributed by atoms with Crippen LogP contribution in [0.3, 0.4) is 0 Å². The van der Waals surface area contributed by atoms with Gasteiger partial charge in [0.15, 0.2) is 0 Å². The summed E-state index contributed by atoms with van der Waals surface area (Å²) in [6.45, 7) is 10.5. The molecule has 0 N–H and O–H groups in total. The minimum Gasteiger partial charge on any atom is -0.368 e. The number of likely N-dealkylation sites (N-methyl/N-ethyl adjacent to an activating group) is 1. The lowest BCUT2D eigenvalue weighted by Gasteiger charge is -2.57. The second kappa shape index (κ2) is 7.83. The minimum absolute atomic E-state index is 0.0476. The van der Waals surface area contributed by atoms with Gasteiger partial charge in [-0.1, -0.05) is 25.5 Å². The van der Waals surface area contributed by atoms with E-state index in [1.807, 2.05) is 18.7 Å². The molecular weight excluding hydrogens is 362 g/mol. The number of carbonyl (C=O) groups is 2. The van der Waals surface area contributed by atoms with E-state index in [1.54, 1.807) is 5.57 Å². The summed E-state index contributed by atoms with van der Waals surface area (Å²) in [5.41, 5.74) is 1.78. The largest absolute Gasteiger partial charge is 0.368 e. The number of ether oxygens (including phenoxy) is 1. The number of fused-ring (bicyclic) bond motifs is 5. The summed E-state index contributed by atoms with van der Waals surface area (Å²) >= 11 is 0. The monoisotopic (exact) mass is 401 g/mol. The average Bonchev–Trinajstić information content (AvgIpc) is 3.02. The number of carbonyl (C=O) groups excluding carboxylic acids is 2. The van der Waals surface area contributed by atoms with Crippen LogP contribution in [0.1, 0.15) is 79.1 Å². The smallest absolute Gasteiger partial charge is 0.248 e. The Hall–Kier alpha value is -1.16. The number of rotatable bonds is 5. The zero-order chi connectivity index (χ0) is 20.8. The molecule has 29 heavy (non-hydrogen) atoms. The van der Waals surface area contributed by atoms with Gasteiger partial charge in [-0.15, -0.1) is 0 Å². The fourth-order valence-corrected chi connectivity index (χ4v) is 7.40. The highest BCUT2D eigenvalue weighted by Crippen LogP contribution is 2.64. The second-order valence-corrected chi connectivity index (χ2v) is 10.4. The summed E-state index contributed by atoms with van der Waals surface area (Å²) in [7, 11) is 0. The molecule has 4 rings (SSSR count). The summed E-state index contributed by atoms with van der Waals surface area (Å²) in [5.74, 6) is 2.61. The average molecular weight is 402 g/mol. The highest BCUT2D eigenvalue weighted by molar-refractivity contribution is 5.87. The number of amides is 1. The first-order valence-corrected chi connectivity index (χ1v) is 12.0. The van der Waals surface area contributed by atoms with Gasteiger partial charge in [-0.25, -0.2) is 0 Å². The van der Waals surface area contributed by atoms with E-state index in [9.17, 15) is 9.59 Å². The Kier molecular flexibility index (Phi) is 5.69. The summed E-state index contributed by atoms with van der Waals surface area (Å²) in [5, 5.41) is 0. The Labute approximate surface area is 176 Å². The lowest BCUT2D eigenvalue weighted by atomic mass is 9.48. The molecule has 0 unspecified atom stereocenters. The van der Waals surface area contributed by atoms with Crippen molar-refractivity contribution in [3.8, 4) is 0 Å². The Bertz CT molecular complexity index is 696. The summed E-state index contributed by atoms with van der Waals surface area (Å²) < 4.78 is 6.08. The number of ketones is 1. The number of nitrogens with zero attached hydrogens (tertiary/aromatic N) is 1. The first-order chi connectivity index (χ1) is 13.8. The van der Waals surface area contributed by atoms with Gasteiger partial charge in [0.1, 0.15) is 12.4 Å². The normalized spacial score (nSPS) is 41.2. The lowest BCUT2D eigenvalue weighted by Crippen LogP contribution is -2.50. The molecule has 162 valence electrons. The Balaban J connectivity index is 1.43. The predicted molar refractivity (Wildman–Crippen MR) is 114 cm³/mol. The summed E-state index contributed by atoms with van der Waals surface area (Å²) in [4.78, 5) is 26.7. The number of allylic oxidation sites excluding steroid dienone is 1. The molecule has 0 radical (unpaired) electrons. The molecule has 3 saturated carbocycles. The third-order valence-electron chi connectivity index (χ3n) is 9.33. The topological polar surface area (TPSA) is 46.6 Å². The van der Waals surface area contributed by atoms with Crippen molar-refractivity contribution in [3.63, 3.8) is 0 Å². The van der Waals surface area contributed by atoms with Crippen molar-refractivity contribution >= 4 is 11.7 Å². The first kappa shape index (κ1) is 21.1. The first-order valence-electron chi connectivity index (χ1n) is 12.0. The van der Waals surface area contributed by atoms with Gasteiger partial charge in [-0.2, -0.15) is 0 Å². The SMILES string of the molecule is CCN(CC)C(=O)CO[C@H]1CC[C@@]2(C)C(=CC[C@@H]3[C@@H]2CC[C@]2(C)C(=O)CC[C@@H]32)C1. The van der Waals surface area contributed by atoms with Gasteiger partial charge in [0.05, 0.1) is 6.10 Å². The van der Waals surface area contributed by atoms with Crippen molar-refractivity contribution in [2.24, 2.45) is 28.6 Å². The van der Waals surface area contributed by atoms with E-state index >= 15 is 0 Å². The molecule has 1 amide bonds. The molecule has 3 fully saturated rings. The predicted octanol–water partition coefficient (Wildman–Crippen LogP) is 4.77. The highest BCUT2D eigenvalue weighted by atomic mass is 16.5. The van der Waals surface area contributed by atoms with Crippen LogP contribution in [0.15, 0.2) is 11.6 Å². The van der Waals surface area contributed by atoms with Crippen molar-refractivity contribution in [2.45, 2.75) is 85.2 Å². The number of hydrogen-bond donors (Lipinski definition) is 0. The molecule has 4 nitrogen and oxygen atoms in total. The zero-order valence-electron chi connectivity index (χ0n) is 18.8. The van der Waals surface area contributed by atoms with Gasteiger partial charge < -0.3 is 9.64 Å². The van der Waals surface area contributed by atoms with E-state index in [4.69, 9.17) is 4.74 Å². The van der Waals surface area contributed by atoms with Crippen LogP contribution in [-0.4, -0.2) is 42.4 Å². The van der Waals surface area contributed by atoms with E-state index in [1.165, 1.54) is 6.42 Å². The van der Waals surface area contributed by atoms with Gasteiger partial charge in [-0.05, 0) is 82.0 Å². The molecule has 0 aliphatic heterocycles. The maximum absolute atomic E-state index is 12.6. The summed E-state index contributed by atoms with van der Waals surface area (Å²) in [6, 6.07) is 0. The van der Waals surface area contributed by atoms with E-state index in [2.05, 4.69) is 19.9 Å². The van der Waals surface area contributed by atoms with Crippen LogP contribution < -0.4 is 0 Å². The molecule has 4 aliphatic rings. The van der Waals surface area contributed by atoms with Crippen LogP contribution in [-0.2, 0) is 14.3 Å². The molecule has 0 aromatic rings. The molecule has 0 aromatic carbocycles. The molecule has 4 aliphatic carbocycles. The number of Topliss-reactive ketones (excluding diaryl/α,β-unsaturated/α-hetero) is 1. The van der Waals surface area contributed by atoms with Crippen molar-refractivity contribution in [1.82, 2.24) is 4.90 Å².